The van der Waals surface area contributed by atoms with Crippen molar-refractivity contribution in [2.24, 2.45) is 17.3 Å². The summed E-state index contributed by atoms with van der Waals surface area (Å²) in [6.07, 6.45) is 14.3. The fraction of sp³-hybridized carbons (Fsp3) is 0.396. The van der Waals surface area contributed by atoms with Gasteiger partial charge in [-0.1, -0.05) is 231 Å². The molecule has 1 aliphatic carbocycles. The third-order valence-corrected chi connectivity index (χ3v) is 17.6. The van der Waals surface area contributed by atoms with Crippen LogP contribution < -0.4 is 26.6 Å². The molecular weight excluding hydrogens is 1680 g/mol. The summed E-state index contributed by atoms with van der Waals surface area (Å²) < 4.78 is 50.4. The monoisotopic (exact) mass is 1810 g/mol. The van der Waals surface area contributed by atoms with Crippen molar-refractivity contribution in [1.82, 2.24) is 26.6 Å². The Bertz CT molecular complexity index is 4690. The number of hydrogen-bond donors (Lipinski definition) is 5. The van der Waals surface area contributed by atoms with E-state index in [1.54, 1.807) is 135 Å². The molecule has 0 saturated heterocycles. The van der Waals surface area contributed by atoms with E-state index in [-0.39, 0.29) is 105 Å². The van der Waals surface area contributed by atoms with Crippen molar-refractivity contribution in [1.29, 1.82) is 0 Å². The number of esters is 10. The van der Waals surface area contributed by atoms with Crippen LogP contribution in [-0.2, 0) is 114 Å². The molecule has 0 spiro atoms. The predicted octanol–water partition coefficient (Wildman–Crippen LogP) is 14.5. The van der Waals surface area contributed by atoms with Crippen LogP contribution in [0.25, 0.3) is 0 Å². The van der Waals surface area contributed by atoms with E-state index in [2.05, 4.69) is 26.6 Å². The second-order valence-corrected chi connectivity index (χ2v) is 32.1. The van der Waals surface area contributed by atoms with Gasteiger partial charge in [-0.3, -0.25) is 24.0 Å². The molecule has 131 heavy (non-hydrogen) atoms. The minimum atomic E-state index is -0.699. The number of carbonyl (C=O) groups excluding carboxylic acids is 15. The maximum absolute atomic E-state index is 12.6. The zero-order valence-corrected chi connectivity index (χ0v) is 77.5. The molecule has 7 rings (SSSR count). The fourth-order valence-corrected chi connectivity index (χ4v) is 11.1. The van der Waals surface area contributed by atoms with E-state index in [1.807, 2.05) is 158 Å². The molecule has 1 saturated carbocycles. The normalized spacial score (nSPS) is 13.0. The third-order valence-electron chi connectivity index (χ3n) is 17.6. The first-order valence-corrected chi connectivity index (χ1v) is 43.3. The molecule has 30 nitrogen and oxygen atoms in total. The SMILES string of the molecule is CC(C)OC(=O)/C=C/C(=O)OC[C@@H](NC(=O)C(C)(C)C)c1ccccc1.CC(C)OC(=O)/C=C/C(=O)OC[C@@H](NC(=O)C(C)C)c1ccccc1.CC(C)OC(=O)/C=C/C(=O)OC[C@@H](NC(=O)C1CCCCC1)c1ccccc1.CC(C)OC(=O)/C=C/C(=O)OC[C@@H](NC(=O)c1ccccc1)c1ccccc1.CCC(=O)N[C@H](COC(=O)/C=C/C(=O)OC(C)C)c1ccccc1. The van der Waals surface area contributed by atoms with Gasteiger partial charge in [0.1, 0.15) is 33.0 Å². The third kappa shape index (κ3) is 51.0. The minimum Gasteiger partial charge on any atom is -0.460 e. The van der Waals surface area contributed by atoms with Gasteiger partial charge in [-0.25, -0.2) is 47.9 Å². The number of ether oxygens (including phenoxy) is 10. The molecule has 0 radical (unpaired) electrons. The van der Waals surface area contributed by atoms with Gasteiger partial charge in [-0.2, -0.15) is 0 Å². The van der Waals surface area contributed by atoms with Crippen molar-refractivity contribution < 1.29 is 119 Å². The highest BCUT2D eigenvalue weighted by Crippen LogP contribution is 2.26. The van der Waals surface area contributed by atoms with Gasteiger partial charge in [0.15, 0.2) is 0 Å². The number of hydrogen-bond acceptors (Lipinski definition) is 25. The summed E-state index contributed by atoms with van der Waals surface area (Å²) in [4.78, 5) is 177. The number of rotatable bonds is 39. The zero-order valence-electron chi connectivity index (χ0n) is 77.5. The fourth-order valence-electron chi connectivity index (χ4n) is 11.1. The molecule has 0 bridgehead atoms. The Kier molecular flexibility index (Phi) is 52.9. The van der Waals surface area contributed by atoms with Crippen LogP contribution >= 0.6 is 0 Å². The maximum atomic E-state index is 12.6. The molecular formula is C101H127N5O25. The molecule has 706 valence electrons. The molecule has 0 unspecified atom stereocenters. The van der Waals surface area contributed by atoms with Gasteiger partial charge in [-0.05, 0) is 122 Å². The van der Waals surface area contributed by atoms with Crippen molar-refractivity contribution >= 4 is 89.2 Å². The molecule has 30 heteroatoms. The quantitative estimate of drug-likeness (QED) is 0.0136. The molecule has 1 fully saturated rings. The predicted molar refractivity (Wildman–Crippen MR) is 490 cm³/mol. The molecule has 5 amide bonds. The summed E-state index contributed by atoms with van der Waals surface area (Å²) in [5.41, 5.74) is 4.07. The number of nitrogens with one attached hydrogen (secondary N) is 5. The Morgan fingerprint density at radius 2 is 0.542 bits per heavy atom. The van der Waals surface area contributed by atoms with E-state index in [9.17, 15) is 71.9 Å². The molecule has 6 aromatic rings. The van der Waals surface area contributed by atoms with Gasteiger partial charge in [0.05, 0.1) is 60.7 Å². The molecule has 0 aliphatic heterocycles. The maximum Gasteiger partial charge on any atom is 0.331 e. The second-order valence-electron chi connectivity index (χ2n) is 32.1. The van der Waals surface area contributed by atoms with Crippen LogP contribution in [0.2, 0.25) is 0 Å². The van der Waals surface area contributed by atoms with Crippen LogP contribution in [0.3, 0.4) is 0 Å². The molecule has 0 heterocycles. The Morgan fingerprint density at radius 3 is 0.794 bits per heavy atom. The van der Waals surface area contributed by atoms with E-state index < -0.39 is 95.3 Å². The van der Waals surface area contributed by atoms with E-state index in [1.165, 1.54) is 6.42 Å². The first-order chi connectivity index (χ1) is 62.2. The number of carbonyl (C=O) groups is 15. The molecule has 5 N–H and O–H groups in total. The van der Waals surface area contributed by atoms with Crippen LogP contribution in [0, 0.1) is 17.3 Å². The molecule has 1 aliphatic rings. The largest absolute Gasteiger partial charge is 0.460 e. The van der Waals surface area contributed by atoms with Crippen LogP contribution in [0.5, 0.6) is 0 Å². The van der Waals surface area contributed by atoms with E-state index >= 15 is 0 Å². The van der Waals surface area contributed by atoms with Gasteiger partial charge in [0, 0.05) is 90.0 Å². The van der Waals surface area contributed by atoms with Crippen LogP contribution in [0.4, 0.5) is 0 Å². The molecule has 6 aromatic carbocycles. The first kappa shape index (κ1) is 111. The lowest BCUT2D eigenvalue weighted by atomic mass is 9.88. The van der Waals surface area contributed by atoms with Gasteiger partial charge in [0.25, 0.3) is 5.91 Å². The first-order valence-electron chi connectivity index (χ1n) is 43.3. The Labute approximate surface area is 767 Å². The van der Waals surface area contributed by atoms with Crippen LogP contribution in [0.15, 0.2) is 243 Å². The average molecular weight is 1810 g/mol. The van der Waals surface area contributed by atoms with E-state index in [4.69, 9.17) is 47.4 Å². The number of amides is 5. The van der Waals surface area contributed by atoms with E-state index in [0.717, 1.165) is 114 Å². The van der Waals surface area contributed by atoms with Crippen molar-refractivity contribution in [3.8, 4) is 0 Å². The Morgan fingerprint density at radius 1 is 0.305 bits per heavy atom. The standard InChI is InChI=1S/C22H29NO5.C22H23NO5.C20H27NO5.C19H25NO5.C18H23NO5/c2*1-16(2)28-21(25)14-13-20(24)27-15-19(17-9-5-3-6-10-17)23-22(26)18-11-7-4-8-12-18;1-14(2)26-18(23)12-11-17(22)25-13-16(15-9-7-6-8-10-15)21-19(24)20(3,4)5;1-13(2)19(23)20-16(15-8-6-5-7-9-15)12-24-17(21)10-11-18(22)25-14(3)4;1-4-16(20)19-15(14-8-6-5-7-9-14)12-23-17(21)10-11-18(22)24-13(2)3/h3,5-6,9-10,13-14,16,18-19H,4,7-8,11-12,15H2,1-2H3,(H,23,26);3-14,16,19H,15H2,1-2H3,(H,23,26);6-12,14,16H,13H2,1-5H3,(H,21,24);5-11,13-14,16H,12H2,1-4H3,(H,20,23);5-11,13,15H,4,12H2,1-3H3,(H,19,20)/b2*14-13+;12-11+;2*11-10+/t2*19-;2*16-;15-/m11111/s1. The average Bonchev–Trinajstić information content (AvgIpc) is 0.844. The summed E-state index contributed by atoms with van der Waals surface area (Å²) >= 11 is 0. The lowest BCUT2D eigenvalue weighted by Crippen LogP contribution is -2.39. The van der Waals surface area contributed by atoms with Crippen molar-refractivity contribution in [3.05, 3.63) is 276 Å². The summed E-state index contributed by atoms with van der Waals surface area (Å²) in [6, 6.07) is 52.7. The van der Waals surface area contributed by atoms with Gasteiger partial charge in [0.2, 0.25) is 23.6 Å². The highest BCUT2D eigenvalue weighted by molar-refractivity contribution is 5.96. The topological polar surface area (TPSA) is 408 Å². The van der Waals surface area contributed by atoms with Gasteiger partial charge >= 0.3 is 59.7 Å². The summed E-state index contributed by atoms with van der Waals surface area (Å²) in [5.74, 6) is -7.34. The van der Waals surface area contributed by atoms with E-state index in [0.29, 0.717) is 12.0 Å². The van der Waals surface area contributed by atoms with Crippen LogP contribution in [0.1, 0.15) is 218 Å². The smallest absolute Gasteiger partial charge is 0.331 e. The second kappa shape index (κ2) is 62.3. The summed E-state index contributed by atoms with van der Waals surface area (Å²) in [6.45, 7) is 27.7. The van der Waals surface area contributed by atoms with Crippen LogP contribution in [-0.4, -0.2) is 153 Å². The van der Waals surface area contributed by atoms with Gasteiger partial charge in [-0.15, -0.1) is 0 Å². The van der Waals surface area contributed by atoms with Crippen molar-refractivity contribution in [3.63, 3.8) is 0 Å². The zero-order chi connectivity index (χ0) is 97.2. The number of benzene rings is 6. The van der Waals surface area contributed by atoms with Crippen molar-refractivity contribution in [2.45, 2.75) is 210 Å². The lowest BCUT2D eigenvalue weighted by Gasteiger charge is -2.25. The van der Waals surface area contributed by atoms with Crippen molar-refractivity contribution in [2.75, 3.05) is 33.0 Å². The summed E-state index contributed by atoms with van der Waals surface area (Å²) in [7, 11) is 0. The highest BCUT2D eigenvalue weighted by Gasteiger charge is 2.28. The summed E-state index contributed by atoms with van der Waals surface area (Å²) in [5, 5.41) is 14.4. The molecule has 0 aromatic heterocycles. The minimum absolute atomic E-state index is 0.000607. The highest BCUT2D eigenvalue weighted by atomic mass is 16.6. The lowest BCUT2D eigenvalue weighted by molar-refractivity contribution is -0.143. The van der Waals surface area contributed by atoms with Gasteiger partial charge < -0.3 is 74.0 Å². The Balaban J connectivity index is 0.000000423. The Hall–Kier alpha value is -13.9. The molecule has 5 atom stereocenters.